The summed E-state index contributed by atoms with van der Waals surface area (Å²) in [5.74, 6) is 2.43. The third-order valence-electron chi connectivity index (χ3n) is 5.03. The maximum Gasteiger partial charge on any atom is 0.159 e. The molecular weight excluding hydrogens is 308 g/mol. The van der Waals surface area contributed by atoms with Gasteiger partial charge in [-0.05, 0) is 36.0 Å². The molecule has 3 heterocycles. The van der Waals surface area contributed by atoms with Gasteiger partial charge in [-0.15, -0.1) is 5.10 Å². The van der Waals surface area contributed by atoms with E-state index in [-0.39, 0.29) is 0 Å². The lowest BCUT2D eigenvalue weighted by Crippen LogP contribution is -2.39. The molecule has 0 bridgehead atoms. The first-order valence-corrected chi connectivity index (χ1v) is 9.09. The number of rotatable bonds is 3. The van der Waals surface area contributed by atoms with Gasteiger partial charge in [0, 0.05) is 42.7 Å². The molecule has 25 heavy (non-hydrogen) atoms. The van der Waals surface area contributed by atoms with Gasteiger partial charge in [0.15, 0.2) is 5.82 Å². The second-order valence-corrected chi connectivity index (χ2v) is 7.40. The normalized spacial score (nSPS) is 20.8. The number of pyridine rings is 1. The summed E-state index contributed by atoms with van der Waals surface area (Å²) in [7, 11) is 0. The highest BCUT2D eigenvalue weighted by molar-refractivity contribution is 5.93. The van der Waals surface area contributed by atoms with Crippen LogP contribution in [0, 0.1) is 11.8 Å². The fourth-order valence-electron chi connectivity index (χ4n) is 4.04. The number of piperidine rings is 1. The van der Waals surface area contributed by atoms with E-state index in [0.29, 0.717) is 11.8 Å². The van der Waals surface area contributed by atoms with Gasteiger partial charge < -0.3 is 4.90 Å². The molecule has 1 aliphatic heterocycles. The van der Waals surface area contributed by atoms with Crippen LogP contribution in [0.25, 0.3) is 10.8 Å². The predicted molar refractivity (Wildman–Crippen MR) is 102 cm³/mol. The van der Waals surface area contributed by atoms with Crippen molar-refractivity contribution < 1.29 is 0 Å². The molecule has 0 radical (unpaired) electrons. The van der Waals surface area contributed by atoms with Crippen LogP contribution in [0.15, 0.2) is 48.8 Å². The standard InChI is InChI=1S/C21H24N4/c1-15-11-16(2)14-25(13-15)21-19-6-4-3-5-18(19)20(23-24-21)12-17-7-9-22-10-8-17/h3-10,15-16H,11-14H2,1-2H3/t15-,16+. The lowest BCUT2D eigenvalue weighted by Gasteiger charge is -2.36. The summed E-state index contributed by atoms with van der Waals surface area (Å²) in [6.45, 7) is 6.78. The highest BCUT2D eigenvalue weighted by Gasteiger charge is 2.24. The second-order valence-electron chi connectivity index (χ2n) is 7.40. The Bertz CT molecular complexity index is 852. The molecule has 3 aromatic rings. The molecule has 2 atom stereocenters. The van der Waals surface area contributed by atoms with E-state index in [0.717, 1.165) is 31.0 Å². The minimum absolute atomic E-state index is 0.695. The first-order valence-electron chi connectivity index (χ1n) is 9.09. The van der Waals surface area contributed by atoms with Gasteiger partial charge in [0.05, 0.1) is 5.69 Å². The molecule has 4 heteroatoms. The Morgan fingerprint density at radius 2 is 1.60 bits per heavy atom. The molecule has 2 aromatic heterocycles. The summed E-state index contributed by atoms with van der Waals surface area (Å²) < 4.78 is 0. The van der Waals surface area contributed by atoms with Gasteiger partial charge in [-0.1, -0.05) is 38.1 Å². The molecule has 1 aliphatic rings. The number of nitrogens with zero attached hydrogens (tertiary/aromatic N) is 4. The van der Waals surface area contributed by atoms with Crippen LogP contribution < -0.4 is 4.90 Å². The highest BCUT2D eigenvalue weighted by Crippen LogP contribution is 2.31. The minimum Gasteiger partial charge on any atom is -0.354 e. The summed E-state index contributed by atoms with van der Waals surface area (Å²) in [5, 5.41) is 11.7. The molecule has 0 spiro atoms. The van der Waals surface area contributed by atoms with Crippen LogP contribution in [-0.2, 0) is 6.42 Å². The molecule has 0 amide bonds. The van der Waals surface area contributed by atoms with Crippen molar-refractivity contribution in [3.63, 3.8) is 0 Å². The van der Waals surface area contributed by atoms with Gasteiger partial charge >= 0.3 is 0 Å². The first-order chi connectivity index (χ1) is 12.2. The molecule has 0 N–H and O–H groups in total. The van der Waals surface area contributed by atoms with Crippen LogP contribution in [0.5, 0.6) is 0 Å². The van der Waals surface area contributed by atoms with E-state index in [9.17, 15) is 0 Å². The zero-order valence-corrected chi connectivity index (χ0v) is 14.9. The maximum absolute atomic E-state index is 4.66. The summed E-state index contributed by atoms with van der Waals surface area (Å²) in [6.07, 6.45) is 5.73. The number of anilines is 1. The minimum atomic E-state index is 0.695. The van der Waals surface area contributed by atoms with Crippen molar-refractivity contribution in [3.8, 4) is 0 Å². The van der Waals surface area contributed by atoms with Crippen molar-refractivity contribution in [3.05, 3.63) is 60.0 Å². The molecule has 4 rings (SSSR count). The molecule has 0 unspecified atom stereocenters. The van der Waals surface area contributed by atoms with Gasteiger partial charge in [-0.3, -0.25) is 4.98 Å². The zero-order chi connectivity index (χ0) is 17.2. The molecule has 0 aliphatic carbocycles. The van der Waals surface area contributed by atoms with Gasteiger partial charge in [0.1, 0.15) is 0 Å². The largest absolute Gasteiger partial charge is 0.354 e. The van der Waals surface area contributed by atoms with E-state index in [1.165, 1.54) is 22.8 Å². The van der Waals surface area contributed by atoms with Crippen molar-refractivity contribution in [1.29, 1.82) is 0 Å². The van der Waals surface area contributed by atoms with E-state index in [2.05, 4.69) is 58.2 Å². The van der Waals surface area contributed by atoms with Crippen LogP contribution in [0.2, 0.25) is 0 Å². The smallest absolute Gasteiger partial charge is 0.159 e. The fraction of sp³-hybridized carbons (Fsp3) is 0.381. The molecule has 128 valence electrons. The topological polar surface area (TPSA) is 41.9 Å². The lowest BCUT2D eigenvalue weighted by molar-refractivity contribution is 0.355. The highest BCUT2D eigenvalue weighted by atomic mass is 15.3. The van der Waals surface area contributed by atoms with Crippen molar-refractivity contribution in [2.75, 3.05) is 18.0 Å². The van der Waals surface area contributed by atoms with E-state index >= 15 is 0 Å². The Morgan fingerprint density at radius 3 is 2.32 bits per heavy atom. The van der Waals surface area contributed by atoms with Crippen molar-refractivity contribution in [2.24, 2.45) is 11.8 Å². The summed E-state index contributed by atoms with van der Waals surface area (Å²) in [6, 6.07) is 12.6. The number of benzene rings is 1. The number of hydrogen-bond acceptors (Lipinski definition) is 4. The molecule has 1 aromatic carbocycles. The van der Waals surface area contributed by atoms with Crippen LogP contribution in [0.1, 0.15) is 31.5 Å². The Labute approximate surface area is 148 Å². The summed E-state index contributed by atoms with van der Waals surface area (Å²) in [5.41, 5.74) is 2.24. The maximum atomic E-state index is 4.66. The zero-order valence-electron chi connectivity index (χ0n) is 14.9. The molecule has 1 saturated heterocycles. The Balaban J connectivity index is 1.74. The van der Waals surface area contributed by atoms with E-state index in [1.807, 2.05) is 24.5 Å². The van der Waals surface area contributed by atoms with Crippen LogP contribution >= 0.6 is 0 Å². The molecular formula is C21H24N4. The fourth-order valence-corrected chi connectivity index (χ4v) is 4.04. The molecule has 0 saturated carbocycles. The molecule has 1 fully saturated rings. The van der Waals surface area contributed by atoms with E-state index in [1.54, 1.807) is 0 Å². The van der Waals surface area contributed by atoms with Gasteiger partial charge in [0.25, 0.3) is 0 Å². The van der Waals surface area contributed by atoms with Crippen molar-refractivity contribution in [2.45, 2.75) is 26.7 Å². The second kappa shape index (κ2) is 6.79. The Morgan fingerprint density at radius 1 is 0.920 bits per heavy atom. The first kappa shape index (κ1) is 16.0. The molecule has 4 nitrogen and oxygen atoms in total. The number of aromatic nitrogens is 3. The average molecular weight is 332 g/mol. The van der Waals surface area contributed by atoms with E-state index < -0.39 is 0 Å². The number of hydrogen-bond donors (Lipinski definition) is 0. The van der Waals surface area contributed by atoms with Gasteiger partial charge in [-0.25, -0.2) is 0 Å². The summed E-state index contributed by atoms with van der Waals surface area (Å²) in [4.78, 5) is 6.52. The third kappa shape index (κ3) is 3.34. The average Bonchev–Trinajstić information content (AvgIpc) is 2.62. The van der Waals surface area contributed by atoms with Crippen LogP contribution in [-0.4, -0.2) is 28.3 Å². The summed E-state index contributed by atoms with van der Waals surface area (Å²) >= 11 is 0. The van der Waals surface area contributed by atoms with Gasteiger partial charge in [-0.2, -0.15) is 5.10 Å². The third-order valence-corrected chi connectivity index (χ3v) is 5.03. The number of fused-ring (bicyclic) bond motifs is 1. The SMILES string of the molecule is C[C@@H]1C[C@H](C)CN(c2nnc(Cc3ccncc3)c3ccccc23)C1. The van der Waals surface area contributed by atoms with Crippen molar-refractivity contribution in [1.82, 2.24) is 15.2 Å². The quantitative estimate of drug-likeness (QED) is 0.724. The van der Waals surface area contributed by atoms with Crippen LogP contribution in [0.4, 0.5) is 5.82 Å². The lowest BCUT2D eigenvalue weighted by atomic mass is 9.91. The predicted octanol–water partition coefficient (Wildman–Crippen LogP) is 4.10. The Hall–Kier alpha value is -2.49. The van der Waals surface area contributed by atoms with Crippen molar-refractivity contribution >= 4 is 16.6 Å². The monoisotopic (exact) mass is 332 g/mol. The van der Waals surface area contributed by atoms with E-state index in [4.69, 9.17) is 0 Å². The van der Waals surface area contributed by atoms with Gasteiger partial charge in [0.2, 0.25) is 0 Å². The Kier molecular flexibility index (Phi) is 4.35. The van der Waals surface area contributed by atoms with Crippen LogP contribution in [0.3, 0.4) is 0 Å².